The van der Waals surface area contributed by atoms with Gasteiger partial charge in [-0.05, 0) is 6.07 Å². The van der Waals surface area contributed by atoms with Gasteiger partial charge in [0.05, 0.1) is 4.92 Å². The molecule has 1 aromatic carbocycles. The van der Waals surface area contributed by atoms with E-state index in [1.165, 1.54) is 14.2 Å². The quantitative estimate of drug-likeness (QED) is 0.433. The van der Waals surface area contributed by atoms with Crippen molar-refractivity contribution in [3.63, 3.8) is 0 Å². The van der Waals surface area contributed by atoms with Crippen LogP contribution in [0.4, 0.5) is 10.1 Å². The van der Waals surface area contributed by atoms with E-state index in [1.807, 2.05) is 0 Å². The molecule has 0 bridgehead atoms. The fourth-order valence-corrected chi connectivity index (χ4v) is 1.14. The van der Waals surface area contributed by atoms with Gasteiger partial charge in [-0.1, -0.05) is 0 Å². The average molecular weight is 245 g/mol. The first kappa shape index (κ1) is 13.3. The first-order valence-corrected chi connectivity index (χ1v) is 4.70. The van der Waals surface area contributed by atoms with E-state index in [2.05, 4.69) is 0 Å². The molecule has 0 amide bonds. The second-order valence-electron chi connectivity index (χ2n) is 3.08. The van der Waals surface area contributed by atoms with Crippen LogP contribution in [0.5, 0.6) is 5.75 Å². The third kappa shape index (κ3) is 3.65. The molecule has 0 aromatic heterocycles. The van der Waals surface area contributed by atoms with E-state index in [1.54, 1.807) is 0 Å². The molecule has 0 atom stereocenters. The summed E-state index contributed by atoms with van der Waals surface area (Å²) in [5.74, 6) is -0.772. The topological polar surface area (TPSA) is 70.8 Å². The highest BCUT2D eigenvalue weighted by molar-refractivity contribution is 5.46. The van der Waals surface area contributed by atoms with Crippen LogP contribution in [0, 0.1) is 15.9 Å². The van der Waals surface area contributed by atoms with Gasteiger partial charge < -0.3 is 14.2 Å². The van der Waals surface area contributed by atoms with Crippen LogP contribution in [0.2, 0.25) is 0 Å². The summed E-state index contributed by atoms with van der Waals surface area (Å²) >= 11 is 0. The van der Waals surface area contributed by atoms with Gasteiger partial charge in [-0.3, -0.25) is 10.1 Å². The van der Waals surface area contributed by atoms with Gasteiger partial charge in [-0.2, -0.15) is 0 Å². The lowest BCUT2D eigenvalue weighted by molar-refractivity contribution is -0.386. The molecule has 0 aliphatic rings. The van der Waals surface area contributed by atoms with Crippen molar-refractivity contribution in [2.45, 2.75) is 6.29 Å². The number of halogens is 1. The lowest BCUT2D eigenvalue weighted by Crippen LogP contribution is -2.22. The molecule has 0 unspecified atom stereocenters. The second-order valence-corrected chi connectivity index (χ2v) is 3.08. The number of nitro groups is 1. The zero-order valence-corrected chi connectivity index (χ0v) is 9.38. The molecular weight excluding hydrogens is 233 g/mol. The molecule has 0 heterocycles. The number of ether oxygens (including phenoxy) is 3. The van der Waals surface area contributed by atoms with Crippen molar-refractivity contribution in [1.29, 1.82) is 0 Å². The second kappa shape index (κ2) is 6.12. The Morgan fingerprint density at radius 2 is 2.06 bits per heavy atom. The summed E-state index contributed by atoms with van der Waals surface area (Å²) in [6.07, 6.45) is -0.669. The van der Waals surface area contributed by atoms with Crippen molar-refractivity contribution in [3.8, 4) is 5.75 Å². The van der Waals surface area contributed by atoms with Crippen LogP contribution in [0.1, 0.15) is 0 Å². The normalized spacial score (nSPS) is 10.6. The molecular formula is C10H12FNO5. The van der Waals surface area contributed by atoms with Crippen molar-refractivity contribution < 1.29 is 23.5 Å². The third-order valence-corrected chi connectivity index (χ3v) is 2.02. The molecule has 0 spiro atoms. The Morgan fingerprint density at radius 3 is 2.59 bits per heavy atom. The lowest BCUT2D eigenvalue weighted by Gasteiger charge is -2.14. The van der Waals surface area contributed by atoms with E-state index in [-0.39, 0.29) is 18.0 Å². The van der Waals surface area contributed by atoms with Gasteiger partial charge in [0.2, 0.25) is 0 Å². The molecule has 0 N–H and O–H groups in total. The number of rotatable bonds is 6. The van der Waals surface area contributed by atoms with Crippen molar-refractivity contribution >= 4 is 5.69 Å². The average Bonchev–Trinajstić information content (AvgIpc) is 2.30. The molecule has 1 rings (SSSR count). The van der Waals surface area contributed by atoms with Crippen LogP contribution in [0.15, 0.2) is 18.2 Å². The zero-order chi connectivity index (χ0) is 12.8. The molecule has 94 valence electrons. The smallest absolute Gasteiger partial charge is 0.311 e. The fraction of sp³-hybridized carbons (Fsp3) is 0.400. The predicted octanol–water partition coefficient (Wildman–Crippen LogP) is 1.73. The van der Waals surface area contributed by atoms with Crippen LogP contribution in [-0.4, -0.2) is 32.0 Å². The Kier molecular flexibility index (Phi) is 4.80. The summed E-state index contributed by atoms with van der Waals surface area (Å²) in [6.45, 7) is -0.0721. The van der Waals surface area contributed by atoms with E-state index in [0.717, 1.165) is 18.2 Å². The highest BCUT2D eigenvalue weighted by Gasteiger charge is 2.17. The maximum Gasteiger partial charge on any atom is 0.311 e. The minimum atomic E-state index is -0.669. The standard InChI is InChI=1S/C10H12FNO5/c1-15-10(16-2)6-17-9-5-7(11)3-4-8(9)12(13)14/h3-5,10H,6H2,1-2H3. The third-order valence-electron chi connectivity index (χ3n) is 2.02. The minimum Gasteiger partial charge on any atom is -0.481 e. The maximum absolute atomic E-state index is 12.9. The van der Waals surface area contributed by atoms with E-state index in [4.69, 9.17) is 14.2 Å². The number of benzene rings is 1. The van der Waals surface area contributed by atoms with E-state index in [9.17, 15) is 14.5 Å². The molecule has 6 nitrogen and oxygen atoms in total. The Bertz CT molecular complexity index is 394. The number of hydrogen-bond acceptors (Lipinski definition) is 5. The summed E-state index contributed by atoms with van der Waals surface area (Å²) in [7, 11) is 2.80. The van der Waals surface area contributed by atoms with Crippen LogP contribution in [-0.2, 0) is 9.47 Å². The fourth-order valence-electron chi connectivity index (χ4n) is 1.14. The number of methoxy groups -OCH3 is 2. The summed E-state index contributed by atoms with van der Waals surface area (Å²) in [4.78, 5) is 10.0. The Labute approximate surface area is 97.1 Å². The maximum atomic E-state index is 12.9. The van der Waals surface area contributed by atoms with Crippen molar-refractivity contribution in [2.75, 3.05) is 20.8 Å². The van der Waals surface area contributed by atoms with Gasteiger partial charge in [-0.25, -0.2) is 4.39 Å². The molecule has 0 radical (unpaired) electrons. The molecule has 0 aliphatic heterocycles. The molecule has 1 aromatic rings. The van der Waals surface area contributed by atoms with Gasteiger partial charge in [0.1, 0.15) is 12.4 Å². The highest BCUT2D eigenvalue weighted by atomic mass is 19.1. The molecule has 17 heavy (non-hydrogen) atoms. The van der Waals surface area contributed by atoms with E-state index in [0.29, 0.717) is 0 Å². The number of nitrogens with zero attached hydrogens (tertiary/aromatic N) is 1. The zero-order valence-electron chi connectivity index (χ0n) is 9.38. The summed E-state index contributed by atoms with van der Waals surface area (Å²) in [5.41, 5.74) is -0.308. The predicted molar refractivity (Wildman–Crippen MR) is 56.4 cm³/mol. The van der Waals surface area contributed by atoms with Gasteiger partial charge in [0.25, 0.3) is 0 Å². The molecule has 0 saturated heterocycles. The summed E-state index contributed by atoms with van der Waals surface area (Å²) in [5, 5.41) is 10.7. The van der Waals surface area contributed by atoms with Gasteiger partial charge in [0.15, 0.2) is 12.0 Å². The van der Waals surface area contributed by atoms with E-state index < -0.39 is 17.0 Å². The largest absolute Gasteiger partial charge is 0.481 e. The van der Waals surface area contributed by atoms with E-state index >= 15 is 0 Å². The van der Waals surface area contributed by atoms with Gasteiger partial charge >= 0.3 is 5.69 Å². The van der Waals surface area contributed by atoms with Crippen LogP contribution < -0.4 is 4.74 Å². The molecule has 7 heteroatoms. The van der Waals surface area contributed by atoms with Crippen molar-refractivity contribution in [2.24, 2.45) is 0 Å². The van der Waals surface area contributed by atoms with Crippen molar-refractivity contribution in [3.05, 3.63) is 34.1 Å². The SMILES string of the molecule is COC(COc1cc(F)ccc1[N+](=O)[O-])OC. The Balaban J connectivity index is 2.81. The number of hydrogen-bond donors (Lipinski definition) is 0. The number of nitro benzene ring substituents is 1. The monoisotopic (exact) mass is 245 g/mol. The molecule has 0 saturated carbocycles. The van der Waals surface area contributed by atoms with Crippen LogP contribution >= 0.6 is 0 Å². The van der Waals surface area contributed by atoms with Crippen LogP contribution in [0.25, 0.3) is 0 Å². The Hall–Kier alpha value is -1.73. The van der Waals surface area contributed by atoms with Gasteiger partial charge in [0, 0.05) is 26.4 Å². The summed E-state index contributed by atoms with van der Waals surface area (Å²) < 4.78 is 27.7. The first-order valence-electron chi connectivity index (χ1n) is 4.70. The first-order chi connectivity index (χ1) is 8.08. The Morgan fingerprint density at radius 1 is 1.41 bits per heavy atom. The van der Waals surface area contributed by atoms with Crippen molar-refractivity contribution in [1.82, 2.24) is 0 Å². The molecule has 0 fully saturated rings. The molecule has 0 aliphatic carbocycles. The summed E-state index contributed by atoms with van der Waals surface area (Å²) in [6, 6.07) is 2.98. The highest BCUT2D eigenvalue weighted by Crippen LogP contribution is 2.27. The van der Waals surface area contributed by atoms with Crippen LogP contribution in [0.3, 0.4) is 0 Å². The lowest BCUT2D eigenvalue weighted by atomic mass is 10.3. The van der Waals surface area contributed by atoms with Gasteiger partial charge in [-0.15, -0.1) is 0 Å². The minimum absolute atomic E-state index is 0.0721.